The van der Waals surface area contributed by atoms with Gasteiger partial charge in [0, 0.05) is 11.8 Å². The molecule has 0 aliphatic rings. The fourth-order valence-electron chi connectivity index (χ4n) is 2.48. The standard InChI is InChI=1S/C19H17N3O4/c1-2-26-18(24)20-22-16(17(23)14-9-5-3-6-10-14)13-21(19(22)25)15-11-7-4-8-12-15/h3-13H,2H2,1H3,(H,20,24). The number of rotatable bonds is 5. The fourth-order valence-corrected chi connectivity index (χ4v) is 2.48. The van der Waals surface area contributed by atoms with Crippen LogP contribution in [0.4, 0.5) is 4.79 Å². The number of carbonyl (C=O) groups excluding carboxylic acids is 2. The summed E-state index contributed by atoms with van der Waals surface area (Å²) in [4.78, 5) is 37.4. The molecule has 0 spiro atoms. The lowest BCUT2D eigenvalue weighted by atomic mass is 10.1. The lowest BCUT2D eigenvalue weighted by Gasteiger charge is -2.08. The zero-order valence-electron chi connectivity index (χ0n) is 14.1. The fraction of sp³-hybridized carbons (Fsp3) is 0.105. The molecule has 1 heterocycles. The van der Waals surface area contributed by atoms with Crippen LogP contribution < -0.4 is 11.1 Å². The van der Waals surface area contributed by atoms with Crippen LogP contribution in [0.15, 0.2) is 71.7 Å². The summed E-state index contributed by atoms with van der Waals surface area (Å²) >= 11 is 0. The Bertz CT molecular complexity index is 975. The molecule has 1 amide bonds. The van der Waals surface area contributed by atoms with Crippen molar-refractivity contribution in [3.8, 4) is 5.69 Å². The van der Waals surface area contributed by atoms with Gasteiger partial charge in [-0.3, -0.25) is 9.36 Å². The van der Waals surface area contributed by atoms with Crippen LogP contribution in [0.3, 0.4) is 0 Å². The lowest BCUT2D eigenvalue weighted by Crippen LogP contribution is -2.36. The molecular weight excluding hydrogens is 334 g/mol. The highest BCUT2D eigenvalue weighted by Gasteiger charge is 2.21. The Morgan fingerprint density at radius 3 is 2.23 bits per heavy atom. The smallest absolute Gasteiger partial charge is 0.426 e. The van der Waals surface area contributed by atoms with E-state index in [1.165, 1.54) is 10.8 Å². The Kier molecular flexibility index (Phi) is 4.98. The first-order valence-corrected chi connectivity index (χ1v) is 8.05. The van der Waals surface area contributed by atoms with Crippen molar-refractivity contribution in [1.29, 1.82) is 0 Å². The number of para-hydroxylation sites is 1. The minimum absolute atomic E-state index is 0.0260. The lowest BCUT2D eigenvalue weighted by molar-refractivity contribution is 0.103. The van der Waals surface area contributed by atoms with Crippen molar-refractivity contribution in [2.24, 2.45) is 0 Å². The van der Waals surface area contributed by atoms with E-state index in [1.807, 2.05) is 6.07 Å². The Labute approximate surface area is 149 Å². The molecule has 3 aromatic rings. The second kappa shape index (κ2) is 7.52. The summed E-state index contributed by atoms with van der Waals surface area (Å²) < 4.78 is 7.02. The minimum atomic E-state index is -0.817. The van der Waals surface area contributed by atoms with Gasteiger partial charge < -0.3 is 4.74 Å². The summed E-state index contributed by atoms with van der Waals surface area (Å²) in [5.74, 6) is -0.394. The number of carbonyl (C=O) groups is 2. The van der Waals surface area contributed by atoms with Gasteiger partial charge in [0.2, 0.25) is 5.78 Å². The van der Waals surface area contributed by atoms with E-state index < -0.39 is 17.6 Å². The topological polar surface area (TPSA) is 82.3 Å². The number of nitrogens with one attached hydrogen (secondary N) is 1. The van der Waals surface area contributed by atoms with E-state index in [9.17, 15) is 14.4 Å². The first kappa shape index (κ1) is 17.2. The van der Waals surface area contributed by atoms with Crippen LogP contribution in [0, 0.1) is 0 Å². The van der Waals surface area contributed by atoms with E-state index in [-0.39, 0.29) is 12.3 Å². The molecule has 26 heavy (non-hydrogen) atoms. The van der Waals surface area contributed by atoms with Gasteiger partial charge in [0.25, 0.3) is 0 Å². The first-order valence-electron chi connectivity index (χ1n) is 8.05. The van der Waals surface area contributed by atoms with Gasteiger partial charge in [0.05, 0.1) is 12.3 Å². The highest BCUT2D eigenvalue weighted by atomic mass is 16.6. The zero-order valence-corrected chi connectivity index (χ0v) is 14.1. The van der Waals surface area contributed by atoms with E-state index >= 15 is 0 Å². The van der Waals surface area contributed by atoms with E-state index in [2.05, 4.69) is 5.43 Å². The number of hydrogen-bond donors (Lipinski definition) is 1. The molecule has 0 radical (unpaired) electrons. The van der Waals surface area contributed by atoms with Gasteiger partial charge in [-0.25, -0.2) is 15.0 Å². The van der Waals surface area contributed by atoms with Crippen molar-refractivity contribution in [3.63, 3.8) is 0 Å². The van der Waals surface area contributed by atoms with Crippen LogP contribution in [-0.4, -0.2) is 27.7 Å². The second-order valence-electron chi connectivity index (χ2n) is 5.37. The molecule has 0 fully saturated rings. The molecule has 7 heteroatoms. The van der Waals surface area contributed by atoms with E-state index in [0.29, 0.717) is 11.3 Å². The summed E-state index contributed by atoms with van der Waals surface area (Å²) in [6, 6.07) is 17.3. The Morgan fingerprint density at radius 2 is 1.62 bits per heavy atom. The average Bonchev–Trinajstić information content (AvgIpc) is 2.99. The predicted octanol–water partition coefficient (Wildman–Crippen LogP) is 2.57. The average molecular weight is 351 g/mol. The number of aromatic nitrogens is 2. The molecular formula is C19H17N3O4. The molecule has 7 nitrogen and oxygen atoms in total. The number of ketones is 1. The van der Waals surface area contributed by atoms with Crippen LogP contribution >= 0.6 is 0 Å². The molecule has 0 saturated heterocycles. The van der Waals surface area contributed by atoms with Crippen LogP contribution in [0.5, 0.6) is 0 Å². The molecule has 132 valence electrons. The predicted molar refractivity (Wildman–Crippen MR) is 96.3 cm³/mol. The van der Waals surface area contributed by atoms with E-state index in [0.717, 1.165) is 4.68 Å². The molecule has 0 aliphatic heterocycles. The van der Waals surface area contributed by atoms with Gasteiger partial charge in [0.1, 0.15) is 5.69 Å². The van der Waals surface area contributed by atoms with Crippen molar-refractivity contribution >= 4 is 11.9 Å². The molecule has 2 aromatic carbocycles. The second-order valence-corrected chi connectivity index (χ2v) is 5.37. The Morgan fingerprint density at radius 1 is 1.00 bits per heavy atom. The van der Waals surface area contributed by atoms with Crippen LogP contribution in [-0.2, 0) is 4.74 Å². The number of nitrogens with zero attached hydrogens (tertiary/aromatic N) is 2. The molecule has 3 rings (SSSR count). The number of imidazole rings is 1. The normalized spacial score (nSPS) is 10.3. The van der Waals surface area contributed by atoms with Gasteiger partial charge in [0.15, 0.2) is 0 Å². The van der Waals surface area contributed by atoms with E-state index in [1.54, 1.807) is 61.5 Å². The maximum absolute atomic E-state index is 12.8. The molecule has 1 N–H and O–H groups in total. The summed E-state index contributed by atoms with van der Waals surface area (Å²) in [5.41, 5.74) is 2.74. The van der Waals surface area contributed by atoms with Crippen LogP contribution in [0.25, 0.3) is 5.69 Å². The van der Waals surface area contributed by atoms with Crippen molar-refractivity contribution in [3.05, 3.63) is 88.6 Å². The highest BCUT2D eigenvalue weighted by Crippen LogP contribution is 2.11. The summed E-state index contributed by atoms with van der Waals surface area (Å²) in [6.07, 6.45) is 0.585. The van der Waals surface area contributed by atoms with Crippen molar-refractivity contribution in [2.45, 2.75) is 6.92 Å². The zero-order chi connectivity index (χ0) is 18.5. The third-order valence-corrected chi connectivity index (χ3v) is 3.67. The van der Waals surface area contributed by atoms with E-state index in [4.69, 9.17) is 4.74 Å². The Hall–Kier alpha value is -3.61. The summed E-state index contributed by atoms with van der Waals surface area (Å²) in [5, 5.41) is 0. The Balaban J connectivity index is 2.11. The number of amides is 1. The van der Waals surface area contributed by atoms with Crippen molar-refractivity contribution < 1.29 is 14.3 Å². The maximum Gasteiger partial charge on any atom is 0.426 e. The van der Waals surface area contributed by atoms with Gasteiger partial charge in [-0.1, -0.05) is 48.5 Å². The molecule has 0 atom stereocenters. The third kappa shape index (κ3) is 3.41. The monoisotopic (exact) mass is 351 g/mol. The molecule has 0 bridgehead atoms. The van der Waals surface area contributed by atoms with Crippen molar-refractivity contribution in [1.82, 2.24) is 9.24 Å². The van der Waals surface area contributed by atoms with Gasteiger partial charge >= 0.3 is 11.8 Å². The maximum atomic E-state index is 12.8. The number of ether oxygens (including phenoxy) is 1. The third-order valence-electron chi connectivity index (χ3n) is 3.67. The molecule has 0 saturated carbocycles. The first-order chi connectivity index (χ1) is 12.6. The number of hydrogen-bond acceptors (Lipinski definition) is 4. The minimum Gasteiger partial charge on any atom is -0.449 e. The molecule has 0 aliphatic carbocycles. The van der Waals surface area contributed by atoms with Crippen molar-refractivity contribution in [2.75, 3.05) is 12.0 Å². The summed E-state index contributed by atoms with van der Waals surface area (Å²) in [6.45, 7) is 1.79. The van der Waals surface area contributed by atoms with Crippen LogP contribution in [0.2, 0.25) is 0 Å². The number of benzene rings is 2. The van der Waals surface area contributed by atoms with Gasteiger partial charge in [-0.15, -0.1) is 0 Å². The summed E-state index contributed by atoms with van der Waals surface area (Å²) in [7, 11) is 0. The highest BCUT2D eigenvalue weighted by molar-refractivity contribution is 6.08. The molecule has 0 unspecified atom stereocenters. The quantitative estimate of drug-likeness (QED) is 0.716. The molecule has 1 aromatic heterocycles. The largest absolute Gasteiger partial charge is 0.449 e. The SMILES string of the molecule is CCOC(=O)Nn1c(C(=O)c2ccccc2)cn(-c2ccccc2)c1=O. The van der Waals surface area contributed by atoms with Gasteiger partial charge in [-0.05, 0) is 19.1 Å². The van der Waals surface area contributed by atoms with Crippen LogP contribution in [0.1, 0.15) is 23.0 Å². The van der Waals surface area contributed by atoms with Gasteiger partial charge in [-0.2, -0.15) is 4.68 Å².